The quantitative estimate of drug-likeness (QED) is 0.626. The molecule has 0 fully saturated rings. The molecule has 2 aromatic carbocycles. The van der Waals surface area contributed by atoms with Crippen LogP contribution in [0.25, 0.3) is 0 Å². The van der Waals surface area contributed by atoms with E-state index in [1.165, 1.54) is 0 Å². The maximum Gasteiger partial charge on any atom is 0.252 e. The molecule has 0 aliphatic carbocycles. The van der Waals surface area contributed by atoms with Crippen molar-refractivity contribution in [3.8, 4) is 5.75 Å². The number of para-hydroxylation sites is 2. The Balaban J connectivity index is 1.85. The van der Waals surface area contributed by atoms with Crippen molar-refractivity contribution in [1.82, 2.24) is 5.32 Å². The summed E-state index contributed by atoms with van der Waals surface area (Å²) in [4.78, 5) is 12.0. The Morgan fingerprint density at radius 1 is 1.29 bits per heavy atom. The largest absolute Gasteiger partial charge is 0.490 e. The normalized spacial score (nSPS) is 10.2. The van der Waals surface area contributed by atoms with Crippen molar-refractivity contribution < 1.29 is 9.53 Å². The van der Waals surface area contributed by atoms with Gasteiger partial charge in [0.15, 0.2) is 0 Å². The van der Waals surface area contributed by atoms with Crippen LogP contribution in [-0.2, 0) is 0 Å². The summed E-state index contributed by atoms with van der Waals surface area (Å²) in [7, 11) is 0. The van der Waals surface area contributed by atoms with E-state index in [1.54, 1.807) is 30.3 Å². The minimum atomic E-state index is -0.245. The minimum Gasteiger partial charge on any atom is -0.490 e. The second-order valence-electron chi connectivity index (χ2n) is 4.27. The van der Waals surface area contributed by atoms with Crippen LogP contribution in [0, 0.1) is 0 Å². The topological polar surface area (TPSA) is 64.3 Å². The van der Waals surface area contributed by atoms with Gasteiger partial charge in [0.1, 0.15) is 12.4 Å². The van der Waals surface area contributed by atoms with Gasteiger partial charge in [0.05, 0.1) is 22.8 Å². The first-order valence-electron chi connectivity index (χ1n) is 6.28. The summed E-state index contributed by atoms with van der Waals surface area (Å²) in [5.41, 5.74) is 6.75. The zero-order chi connectivity index (χ0) is 15.2. The first kappa shape index (κ1) is 15.7. The van der Waals surface area contributed by atoms with Crippen molar-refractivity contribution in [1.29, 1.82) is 0 Å². The highest BCUT2D eigenvalue weighted by Gasteiger charge is 2.10. The van der Waals surface area contributed by atoms with Crippen LogP contribution in [0.5, 0.6) is 5.75 Å². The molecule has 21 heavy (non-hydrogen) atoms. The fourth-order valence-corrected chi connectivity index (χ4v) is 2.27. The van der Waals surface area contributed by atoms with Gasteiger partial charge >= 0.3 is 0 Å². The number of hydrogen-bond acceptors (Lipinski definition) is 3. The van der Waals surface area contributed by atoms with E-state index in [0.717, 1.165) is 4.47 Å². The van der Waals surface area contributed by atoms with Gasteiger partial charge in [-0.3, -0.25) is 4.79 Å². The van der Waals surface area contributed by atoms with Gasteiger partial charge in [-0.05, 0) is 30.3 Å². The summed E-state index contributed by atoms with van der Waals surface area (Å²) in [5, 5.41) is 3.15. The predicted molar refractivity (Wildman–Crippen MR) is 87.8 cm³/mol. The number of nitrogens with one attached hydrogen (secondary N) is 1. The lowest BCUT2D eigenvalue weighted by molar-refractivity contribution is 0.0947. The number of anilines is 1. The van der Waals surface area contributed by atoms with Gasteiger partial charge in [-0.2, -0.15) is 0 Å². The summed E-state index contributed by atoms with van der Waals surface area (Å²) in [6.07, 6.45) is 0. The molecule has 0 radical (unpaired) electrons. The number of carbonyl (C=O) groups excluding carboxylic acids is 1. The minimum absolute atomic E-state index is 0.245. The lowest BCUT2D eigenvalue weighted by Crippen LogP contribution is -2.28. The fraction of sp³-hybridized carbons (Fsp3) is 0.133. The third-order valence-corrected chi connectivity index (χ3v) is 3.56. The number of amides is 1. The van der Waals surface area contributed by atoms with Gasteiger partial charge in [0.25, 0.3) is 5.91 Å². The van der Waals surface area contributed by atoms with Crippen LogP contribution in [0.2, 0.25) is 5.02 Å². The summed E-state index contributed by atoms with van der Waals surface area (Å²) >= 11 is 9.30. The Morgan fingerprint density at radius 3 is 2.81 bits per heavy atom. The molecular formula is C15H14BrClN2O2. The number of carbonyl (C=O) groups is 1. The number of halogens is 2. The first-order chi connectivity index (χ1) is 10.1. The van der Waals surface area contributed by atoms with Gasteiger partial charge in [0, 0.05) is 4.47 Å². The van der Waals surface area contributed by atoms with Crippen molar-refractivity contribution in [2.75, 3.05) is 18.9 Å². The maximum absolute atomic E-state index is 12.0. The van der Waals surface area contributed by atoms with Crippen molar-refractivity contribution in [2.24, 2.45) is 0 Å². The molecule has 0 saturated carbocycles. The van der Waals surface area contributed by atoms with E-state index in [2.05, 4.69) is 21.2 Å². The third-order valence-electron chi connectivity index (χ3n) is 2.74. The predicted octanol–water partition coefficient (Wildman–Crippen LogP) is 3.49. The molecular weight excluding hydrogens is 356 g/mol. The molecule has 0 aliphatic heterocycles. The van der Waals surface area contributed by atoms with Gasteiger partial charge in [-0.15, -0.1) is 0 Å². The van der Waals surface area contributed by atoms with Crippen molar-refractivity contribution in [2.45, 2.75) is 0 Å². The summed E-state index contributed by atoms with van der Waals surface area (Å²) < 4.78 is 6.29. The van der Waals surface area contributed by atoms with E-state index in [9.17, 15) is 4.79 Å². The summed E-state index contributed by atoms with van der Waals surface area (Å²) in [5.74, 6) is 0.359. The lowest BCUT2D eigenvalue weighted by atomic mass is 10.2. The molecule has 2 aromatic rings. The molecule has 0 aliphatic rings. The average Bonchev–Trinajstić information content (AvgIpc) is 2.47. The van der Waals surface area contributed by atoms with Crippen LogP contribution in [0.3, 0.4) is 0 Å². The van der Waals surface area contributed by atoms with Crippen LogP contribution < -0.4 is 15.8 Å². The number of ether oxygens (including phenoxy) is 1. The van der Waals surface area contributed by atoms with Gasteiger partial charge in [-0.25, -0.2) is 0 Å². The van der Waals surface area contributed by atoms with E-state index < -0.39 is 0 Å². The molecule has 6 heteroatoms. The van der Waals surface area contributed by atoms with E-state index in [1.807, 2.05) is 12.1 Å². The van der Waals surface area contributed by atoms with Crippen molar-refractivity contribution >= 4 is 39.1 Å². The molecule has 0 heterocycles. The van der Waals surface area contributed by atoms with Crippen molar-refractivity contribution in [3.63, 3.8) is 0 Å². The Kier molecular flexibility index (Phi) is 5.47. The van der Waals surface area contributed by atoms with Crippen LogP contribution >= 0.6 is 27.5 Å². The molecule has 0 saturated heterocycles. The molecule has 0 bridgehead atoms. The SMILES string of the molecule is Nc1ccccc1OCCNC(=O)c1cc(Br)ccc1Cl. The van der Waals surface area contributed by atoms with Crippen LogP contribution in [0.1, 0.15) is 10.4 Å². The lowest BCUT2D eigenvalue weighted by Gasteiger charge is -2.10. The second kappa shape index (κ2) is 7.33. The highest BCUT2D eigenvalue weighted by Crippen LogP contribution is 2.21. The van der Waals surface area contributed by atoms with Crippen LogP contribution in [0.15, 0.2) is 46.9 Å². The number of benzene rings is 2. The van der Waals surface area contributed by atoms with E-state index in [-0.39, 0.29) is 5.91 Å². The standard InChI is InChI=1S/C15H14BrClN2O2/c16-10-5-6-12(17)11(9-10)15(20)19-7-8-21-14-4-2-1-3-13(14)18/h1-6,9H,7-8,18H2,(H,19,20). The number of hydrogen-bond donors (Lipinski definition) is 2. The Labute approximate surface area is 136 Å². The molecule has 2 rings (SSSR count). The summed E-state index contributed by atoms with van der Waals surface area (Å²) in [6, 6.07) is 12.3. The zero-order valence-corrected chi connectivity index (χ0v) is 13.4. The van der Waals surface area contributed by atoms with E-state index in [4.69, 9.17) is 22.1 Å². The first-order valence-corrected chi connectivity index (χ1v) is 7.45. The number of nitrogens with two attached hydrogens (primary N) is 1. The van der Waals surface area contributed by atoms with E-state index in [0.29, 0.717) is 35.2 Å². The molecule has 3 N–H and O–H groups in total. The van der Waals surface area contributed by atoms with E-state index >= 15 is 0 Å². The zero-order valence-electron chi connectivity index (χ0n) is 11.1. The van der Waals surface area contributed by atoms with Gasteiger partial charge < -0.3 is 15.8 Å². The molecule has 110 valence electrons. The number of rotatable bonds is 5. The molecule has 0 unspecified atom stereocenters. The Hall–Kier alpha value is -1.72. The molecule has 0 aromatic heterocycles. The Morgan fingerprint density at radius 2 is 2.05 bits per heavy atom. The average molecular weight is 370 g/mol. The van der Waals surface area contributed by atoms with Gasteiger partial charge in [-0.1, -0.05) is 39.7 Å². The van der Waals surface area contributed by atoms with Crippen LogP contribution in [-0.4, -0.2) is 19.1 Å². The fourth-order valence-electron chi connectivity index (χ4n) is 1.70. The van der Waals surface area contributed by atoms with Crippen molar-refractivity contribution in [3.05, 3.63) is 57.5 Å². The van der Waals surface area contributed by atoms with Gasteiger partial charge in [0.2, 0.25) is 0 Å². The van der Waals surface area contributed by atoms with Crippen LogP contribution in [0.4, 0.5) is 5.69 Å². The third kappa shape index (κ3) is 4.37. The highest BCUT2D eigenvalue weighted by atomic mass is 79.9. The Bertz CT molecular complexity index is 649. The molecule has 4 nitrogen and oxygen atoms in total. The summed E-state index contributed by atoms with van der Waals surface area (Å²) in [6.45, 7) is 0.682. The smallest absolute Gasteiger partial charge is 0.252 e. The molecule has 0 spiro atoms. The number of nitrogen functional groups attached to an aromatic ring is 1. The molecule has 0 atom stereocenters. The molecule has 1 amide bonds. The second-order valence-corrected chi connectivity index (χ2v) is 5.59. The highest BCUT2D eigenvalue weighted by molar-refractivity contribution is 9.10. The monoisotopic (exact) mass is 368 g/mol. The maximum atomic E-state index is 12.0.